The molecule has 4 nitrogen and oxygen atoms in total. The molecule has 0 bridgehead atoms. The molecule has 2 aromatic rings. The van der Waals surface area contributed by atoms with Crippen LogP contribution in [0, 0.1) is 0 Å². The van der Waals surface area contributed by atoms with E-state index in [9.17, 15) is 4.79 Å². The van der Waals surface area contributed by atoms with Crippen LogP contribution in [0.2, 0.25) is 0 Å². The fourth-order valence-electron chi connectivity index (χ4n) is 1.22. The van der Waals surface area contributed by atoms with E-state index in [0.29, 0.717) is 0 Å². The van der Waals surface area contributed by atoms with E-state index < -0.39 is 5.97 Å². The number of imidazole rings is 1. The molecule has 0 saturated heterocycles. The monoisotopic (exact) mass is 208 g/mol. The van der Waals surface area contributed by atoms with Crippen LogP contribution in [-0.2, 0) is 11.3 Å². The first kappa shape index (κ1) is 8.96. The number of hydrogen-bond acceptors (Lipinski definition) is 3. The molecule has 2 rings (SSSR count). The van der Waals surface area contributed by atoms with Crippen LogP contribution in [0.25, 0.3) is 10.6 Å². The molecule has 0 aliphatic rings. The van der Waals surface area contributed by atoms with Gasteiger partial charge in [0.1, 0.15) is 6.54 Å². The van der Waals surface area contributed by atoms with Crippen molar-refractivity contribution in [2.75, 3.05) is 0 Å². The highest BCUT2D eigenvalue weighted by Gasteiger charge is 2.07. The topological polar surface area (TPSA) is 55.1 Å². The SMILES string of the molecule is O=C(O)Cn1cncc1-c1cccs1. The fraction of sp³-hybridized carbons (Fsp3) is 0.111. The van der Waals surface area contributed by atoms with Gasteiger partial charge in [0.05, 0.1) is 23.1 Å². The molecule has 0 fully saturated rings. The van der Waals surface area contributed by atoms with Crippen molar-refractivity contribution in [3.05, 3.63) is 30.0 Å². The van der Waals surface area contributed by atoms with Gasteiger partial charge < -0.3 is 9.67 Å². The van der Waals surface area contributed by atoms with Gasteiger partial charge in [-0.15, -0.1) is 11.3 Å². The minimum Gasteiger partial charge on any atom is -0.480 e. The highest BCUT2D eigenvalue weighted by Crippen LogP contribution is 2.23. The second-order valence-electron chi connectivity index (χ2n) is 2.78. The van der Waals surface area contributed by atoms with Crippen molar-refractivity contribution in [1.29, 1.82) is 0 Å². The van der Waals surface area contributed by atoms with E-state index in [1.54, 1.807) is 22.1 Å². The van der Waals surface area contributed by atoms with Gasteiger partial charge in [-0.1, -0.05) is 6.07 Å². The summed E-state index contributed by atoms with van der Waals surface area (Å²) >= 11 is 1.57. The molecule has 5 heteroatoms. The smallest absolute Gasteiger partial charge is 0.323 e. The first-order chi connectivity index (χ1) is 6.77. The molecule has 0 aliphatic heterocycles. The van der Waals surface area contributed by atoms with E-state index >= 15 is 0 Å². The number of thiophene rings is 1. The van der Waals surface area contributed by atoms with E-state index in [2.05, 4.69) is 4.98 Å². The van der Waals surface area contributed by atoms with Gasteiger partial charge in [0.15, 0.2) is 0 Å². The summed E-state index contributed by atoms with van der Waals surface area (Å²) in [6.07, 6.45) is 3.21. The first-order valence-corrected chi connectivity index (χ1v) is 4.91. The van der Waals surface area contributed by atoms with E-state index in [-0.39, 0.29) is 6.54 Å². The Balaban J connectivity index is 2.35. The predicted octanol–water partition coefficient (Wildman–Crippen LogP) is 1.70. The highest BCUT2D eigenvalue weighted by atomic mass is 32.1. The van der Waals surface area contributed by atoms with Crippen LogP contribution in [0.1, 0.15) is 0 Å². The number of rotatable bonds is 3. The van der Waals surface area contributed by atoms with E-state index in [1.165, 1.54) is 6.33 Å². The molecule has 0 radical (unpaired) electrons. The molecule has 0 unspecified atom stereocenters. The number of aromatic nitrogens is 2. The number of carboxylic acid groups (broad SMARTS) is 1. The molecule has 0 atom stereocenters. The summed E-state index contributed by atoms with van der Waals surface area (Å²) in [4.78, 5) is 15.5. The fourth-order valence-corrected chi connectivity index (χ4v) is 1.97. The summed E-state index contributed by atoms with van der Waals surface area (Å²) in [5.41, 5.74) is 0.849. The van der Waals surface area contributed by atoms with Crippen molar-refractivity contribution in [2.24, 2.45) is 0 Å². The summed E-state index contributed by atoms with van der Waals surface area (Å²) in [5.74, 6) is -0.860. The number of nitrogens with zero attached hydrogens (tertiary/aromatic N) is 2. The van der Waals surface area contributed by atoms with Gasteiger partial charge in [-0.3, -0.25) is 4.79 Å². The van der Waals surface area contributed by atoms with Crippen molar-refractivity contribution in [3.63, 3.8) is 0 Å². The average Bonchev–Trinajstić information content (AvgIpc) is 2.70. The number of carbonyl (C=O) groups is 1. The van der Waals surface area contributed by atoms with Crippen molar-refractivity contribution in [2.45, 2.75) is 6.54 Å². The quantitative estimate of drug-likeness (QED) is 0.835. The average molecular weight is 208 g/mol. The standard InChI is InChI=1S/C9H8N2O2S/c12-9(13)5-11-6-10-4-7(11)8-2-1-3-14-8/h1-4,6H,5H2,(H,12,13). The molecule has 0 amide bonds. The Bertz CT molecular complexity index is 433. The van der Waals surface area contributed by atoms with Crippen LogP contribution in [0.4, 0.5) is 0 Å². The molecule has 2 heterocycles. The maximum absolute atomic E-state index is 10.5. The number of aliphatic carboxylic acids is 1. The Hall–Kier alpha value is -1.62. The zero-order chi connectivity index (χ0) is 9.97. The van der Waals surface area contributed by atoms with Crippen LogP contribution in [0.3, 0.4) is 0 Å². The van der Waals surface area contributed by atoms with Crippen LogP contribution in [-0.4, -0.2) is 20.6 Å². The van der Waals surface area contributed by atoms with Crippen molar-refractivity contribution < 1.29 is 9.90 Å². The molecular formula is C9H8N2O2S. The molecule has 1 N–H and O–H groups in total. The molecule has 0 saturated carbocycles. The summed E-state index contributed by atoms with van der Waals surface area (Å²) in [5, 5.41) is 10.6. The van der Waals surface area contributed by atoms with Gasteiger partial charge in [-0.05, 0) is 11.4 Å². The van der Waals surface area contributed by atoms with Gasteiger partial charge in [0.2, 0.25) is 0 Å². The Labute approximate surface area is 84.5 Å². The van der Waals surface area contributed by atoms with Gasteiger partial charge in [0.25, 0.3) is 0 Å². The zero-order valence-corrected chi connectivity index (χ0v) is 8.07. The van der Waals surface area contributed by atoms with Gasteiger partial charge >= 0.3 is 5.97 Å². The lowest BCUT2D eigenvalue weighted by Crippen LogP contribution is -2.08. The molecule has 0 aromatic carbocycles. The molecule has 0 aliphatic carbocycles. The second-order valence-corrected chi connectivity index (χ2v) is 3.73. The summed E-state index contributed by atoms with van der Waals surface area (Å²) in [6, 6.07) is 3.87. The molecular weight excluding hydrogens is 200 g/mol. The number of hydrogen-bond donors (Lipinski definition) is 1. The van der Waals surface area contributed by atoms with Crippen LogP contribution in [0.5, 0.6) is 0 Å². The third-order valence-corrected chi connectivity index (χ3v) is 2.68. The molecule has 14 heavy (non-hydrogen) atoms. The molecule has 72 valence electrons. The number of carboxylic acids is 1. The van der Waals surface area contributed by atoms with Gasteiger partial charge in [-0.25, -0.2) is 4.98 Å². The Kier molecular flexibility index (Phi) is 2.32. The van der Waals surface area contributed by atoms with Crippen molar-refractivity contribution >= 4 is 17.3 Å². The zero-order valence-electron chi connectivity index (χ0n) is 7.25. The van der Waals surface area contributed by atoms with Crippen LogP contribution < -0.4 is 0 Å². The Morgan fingerprint density at radius 3 is 3.14 bits per heavy atom. The maximum Gasteiger partial charge on any atom is 0.323 e. The molecule has 0 spiro atoms. The lowest BCUT2D eigenvalue weighted by molar-refractivity contribution is -0.137. The third kappa shape index (κ3) is 1.67. The minimum absolute atomic E-state index is 0.0484. The maximum atomic E-state index is 10.5. The summed E-state index contributed by atoms with van der Waals surface area (Å²) in [7, 11) is 0. The van der Waals surface area contributed by atoms with E-state index in [0.717, 1.165) is 10.6 Å². The minimum atomic E-state index is -0.860. The van der Waals surface area contributed by atoms with Crippen LogP contribution >= 0.6 is 11.3 Å². The first-order valence-electron chi connectivity index (χ1n) is 4.03. The largest absolute Gasteiger partial charge is 0.480 e. The molecule has 2 aromatic heterocycles. The van der Waals surface area contributed by atoms with Crippen molar-refractivity contribution in [1.82, 2.24) is 9.55 Å². The van der Waals surface area contributed by atoms with E-state index in [1.807, 2.05) is 17.5 Å². The predicted molar refractivity (Wildman–Crippen MR) is 53.2 cm³/mol. The normalized spacial score (nSPS) is 10.3. The summed E-state index contributed by atoms with van der Waals surface area (Å²) < 4.78 is 1.62. The van der Waals surface area contributed by atoms with Crippen molar-refractivity contribution in [3.8, 4) is 10.6 Å². The summed E-state index contributed by atoms with van der Waals surface area (Å²) in [6.45, 7) is -0.0484. The lowest BCUT2D eigenvalue weighted by Gasteiger charge is -2.01. The Morgan fingerprint density at radius 2 is 2.50 bits per heavy atom. The van der Waals surface area contributed by atoms with Gasteiger partial charge in [0, 0.05) is 0 Å². The van der Waals surface area contributed by atoms with Crippen LogP contribution in [0.15, 0.2) is 30.0 Å². The lowest BCUT2D eigenvalue weighted by atomic mass is 10.3. The Morgan fingerprint density at radius 1 is 1.64 bits per heavy atom. The second kappa shape index (κ2) is 3.63. The van der Waals surface area contributed by atoms with E-state index in [4.69, 9.17) is 5.11 Å². The highest BCUT2D eigenvalue weighted by molar-refractivity contribution is 7.13. The van der Waals surface area contributed by atoms with Gasteiger partial charge in [-0.2, -0.15) is 0 Å². The third-order valence-electron chi connectivity index (χ3n) is 1.79.